The summed E-state index contributed by atoms with van der Waals surface area (Å²) in [4.78, 5) is 0. The van der Waals surface area contributed by atoms with E-state index in [4.69, 9.17) is 18.6 Å². The van der Waals surface area contributed by atoms with Crippen LogP contribution in [0.3, 0.4) is 0 Å². The second-order valence-electron chi connectivity index (χ2n) is 6.81. The second kappa shape index (κ2) is 2.58. The van der Waals surface area contributed by atoms with E-state index in [1.165, 1.54) is 7.76 Å². The summed E-state index contributed by atoms with van der Waals surface area (Å²) >= 11 is 0. The molecule has 88 valence electrons. The maximum absolute atomic E-state index is 7.25. The molecule has 0 unspecified atom stereocenters. The van der Waals surface area contributed by atoms with E-state index in [2.05, 4.69) is 46.9 Å². The van der Waals surface area contributed by atoms with Crippen molar-refractivity contribution in [1.82, 2.24) is 0 Å². The van der Waals surface area contributed by atoms with Gasteiger partial charge in [-0.25, -0.2) is 0 Å². The van der Waals surface area contributed by atoms with Gasteiger partial charge in [0.1, 0.15) is 0 Å². The third-order valence-corrected chi connectivity index (χ3v) is 20.9. The van der Waals surface area contributed by atoms with Crippen LogP contribution in [0.4, 0.5) is 0 Å². The maximum atomic E-state index is 7.25. The number of hydrogen-bond acceptors (Lipinski definition) is 0. The normalized spacial score (nSPS) is 26.6. The van der Waals surface area contributed by atoms with Gasteiger partial charge >= 0.3 is 103 Å². The minimum atomic E-state index is -4.65. The molecule has 2 aliphatic carbocycles. The molecule has 0 aliphatic heterocycles. The van der Waals surface area contributed by atoms with Crippen LogP contribution in [0.5, 0.6) is 0 Å². The summed E-state index contributed by atoms with van der Waals surface area (Å²) < 4.78 is 2.43. The van der Waals surface area contributed by atoms with Gasteiger partial charge in [-0.05, 0) is 0 Å². The fraction of sp³-hybridized carbons (Fsp3) is 0.333. The number of halogens is 2. The molecule has 0 saturated heterocycles. The Labute approximate surface area is 102 Å². The summed E-state index contributed by atoms with van der Waals surface area (Å²) in [6.07, 6.45) is 14.4. The summed E-state index contributed by atoms with van der Waals surface area (Å²) in [6.45, 7) is 0. The van der Waals surface area contributed by atoms with Crippen molar-refractivity contribution in [3.63, 3.8) is 0 Å². The zero-order valence-electron chi connectivity index (χ0n) is 9.84. The van der Waals surface area contributed by atoms with E-state index in [1.807, 2.05) is 7.63 Å². The summed E-state index contributed by atoms with van der Waals surface area (Å²) in [5.74, 6) is 0. The van der Waals surface area contributed by atoms with Crippen molar-refractivity contribution in [3.05, 3.63) is 44.2 Å². The van der Waals surface area contributed by atoms with Gasteiger partial charge in [0.15, 0.2) is 0 Å². The molecule has 2 rings (SSSR count). The van der Waals surface area contributed by atoms with Gasteiger partial charge < -0.3 is 0 Å². The van der Waals surface area contributed by atoms with Crippen molar-refractivity contribution in [1.29, 1.82) is 0 Å². The van der Waals surface area contributed by atoms with Gasteiger partial charge in [0.25, 0.3) is 0 Å². The minimum absolute atomic E-state index is 0.886. The van der Waals surface area contributed by atoms with E-state index >= 15 is 0 Å². The molecule has 16 heavy (non-hydrogen) atoms. The fourth-order valence-corrected chi connectivity index (χ4v) is 12.9. The van der Waals surface area contributed by atoms with Crippen molar-refractivity contribution in [2.75, 3.05) is 0 Å². The second-order valence-corrected chi connectivity index (χ2v) is 51.1. The van der Waals surface area contributed by atoms with Crippen LogP contribution in [-0.2, 0) is 9.36 Å². The third-order valence-electron chi connectivity index (χ3n) is 4.09. The first-order chi connectivity index (χ1) is 6.96. The van der Waals surface area contributed by atoms with E-state index < -0.39 is 9.36 Å². The molecule has 0 spiro atoms. The molecule has 0 bridgehead atoms. The molecule has 0 aromatic carbocycles. The zero-order valence-corrected chi connectivity index (χ0v) is 14.3. The van der Waals surface area contributed by atoms with Gasteiger partial charge in [-0.15, -0.1) is 0 Å². The van der Waals surface area contributed by atoms with E-state index in [0.29, 0.717) is 0 Å². The van der Waals surface area contributed by atoms with E-state index in [9.17, 15) is 0 Å². The van der Waals surface area contributed by atoms with E-state index in [0.717, 1.165) is 12.8 Å². The molecule has 2 aliphatic rings. The van der Waals surface area contributed by atoms with E-state index in [-0.39, 0.29) is 0 Å². The van der Waals surface area contributed by atoms with Crippen molar-refractivity contribution < 1.29 is 9.36 Å². The molecule has 0 atom stereocenters. The number of allylic oxidation sites excluding steroid dienone is 8. The molecular weight excluding hydrogens is 291 g/mol. The van der Waals surface area contributed by atoms with Gasteiger partial charge in [0.05, 0.1) is 0 Å². The van der Waals surface area contributed by atoms with Crippen molar-refractivity contribution in [3.8, 4) is 0 Å². The van der Waals surface area contributed by atoms with Gasteiger partial charge in [-0.1, -0.05) is 0 Å². The topological polar surface area (TPSA) is 0 Å². The fourth-order valence-electron chi connectivity index (χ4n) is 2.57. The quantitative estimate of drug-likeness (QED) is 0.664. The van der Waals surface area contributed by atoms with Crippen molar-refractivity contribution in [2.45, 2.75) is 23.3 Å². The SMILES string of the molecule is [CH3][Ti]([CH3])(=[SiH2])([Cl])([Cl])([C]1=CC=CC1)[C]1=CC=CC1. The molecule has 0 fully saturated rings. The average Bonchev–Trinajstić information content (AvgIpc) is 2.76. The molecule has 0 aromatic rings. The molecule has 0 amide bonds. The standard InChI is InChI=1S/2C5H5.2CH3.2ClH.H2Si.Ti/c2*1-2-4-5-3-1;;;;;;/h2*1-3H,4H2;2*1H3;2*1H;1H2;/q;;;;;;;+2/p-2. The van der Waals surface area contributed by atoms with E-state index in [1.54, 1.807) is 0 Å². The molecule has 0 aromatic heterocycles. The first-order valence-corrected chi connectivity index (χ1v) is 18.7. The Morgan fingerprint density at radius 1 is 1.00 bits per heavy atom. The van der Waals surface area contributed by atoms with Crippen LogP contribution in [0.25, 0.3) is 0 Å². The molecular formula is C12H18Cl2SiTi. The Balaban J connectivity index is 2.77. The molecule has 0 radical (unpaired) electrons. The Kier molecular flexibility index (Phi) is 2.08. The van der Waals surface area contributed by atoms with Crippen LogP contribution in [0.15, 0.2) is 44.2 Å². The molecule has 0 saturated carbocycles. The summed E-state index contributed by atoms with van der Waals surface area (Å²) in [6, 6.07) is 0. The first-order valence-electron chi connectivity index (χ1n) is 5.67. The molecule has 0 N–H and O–H groups in total. The zero-order chi connectivity index (χ0) is 12.2. The number of hydrogen-bond donors (Lipinski definition) is 0. The van der Waals surface area contributed by atoms with Crippen LogP contribution in [-0.4, -0.2) is 7.63 Å². The molecule has 0 nitrogen and oxygen atoms in total. The average molecular weight is 309 g/mol. The third kappa shape index (κ3) is 1.77. The van der Waals surface area contributed by atoms with Crippen molar-refractivity contribution >= 4 is 26.2 Å². The van der Waals surface area contributed by atoms with Crippen molar-refractivity contribution in [2.24, 2.45) is 0 Å². The van der Waals surface area contributed by atoms with Gasteiger partial charge in [0.2, 0.25) is 0 Å². The predicted molar refractivity (Wildman–Crippen MR) is 75.7 cm³/mol. The van der Waals surface area contributed by atoms with Crippen LogP contribution in [0, 0.1) is 0 Å². The summed E-state index contributed by atoms with van der Waals surface area (Å²) in [7, 11) is 11.7. The Hall–Kier alpha value is 0.471. The van der Waals surface area contributed by atoms with Crippen LogP contribution < -0.4 is 0 Å². The summed E-state index contributed by atoms with van der Waals surface area (Å²) in [5, 5.41) is 4.22. The first kappa shape index (κ1) is 12.9. The monoisotopic (exact) mass is 308 g/mol. The van der Waals surface area contributed by atoms with Gasteiger partial charge in [0, 0.05) is 0 Å². The number of rotatable bonds is 2. The van der Waals surface area contributed by atoms with Crippen LogP contribution in [0.1, 0.15) is 12.8 Å². The Morgan fingerprint density at radius 3 is 1.62 bits per heavy atom. The van der Waals surface area contributed by atoms with Gasteiger partial charge in [-0.3, -0.25) is 0 Å². The molecule has 4 heteroatoms. The Morgan fingerprint density at radius 2 is 1.38 bits per heavy atom. The molecule has 0 heterocycles. The van der Waals surface area contributed by atoms with Crippen LogP contribution in [0.2, 0.25) is 10.5 Å². The van der Waals surface area contributed by atoms with Gasteiger partial charge in [-0.2, -0.15) is 0 Å². The Bertz CT molecular complexity index is 550. The predicted octanol–water partition coefficient (Wildman–Crippen LogP) is 4.39. The summed E-state index contributed by atoms with van der Waals surface area (Å²) in [5.41, 5.74) is 0. The van der Waals surface area contributed by atoms with Crippen LogP contribution >= 0.6 is 18.6 Å².